The third-order valence-electron chi connectivity index (χ3n) is 11.0. The molecule has 0 radical (unpaired) electrons. The van der Waals surface area contributed by atoms with E-state index in [1.807, 2.05) is 60.7 Å². The van der Waals surface area contributed by atoms with Crippen molar-refractivity contribution in [2.45, 2.75) is 19.3 Å². The molecule has 2 aromatic heterocycles. The zero-order chi connectivity index (χ0) is 36.4. The number of benzene rings is 7. The monoisotopic (exact) mass is 690 g/mol. The highest BCUT2D eigenvalue weighted by Crippen LogP contribution is 2.51. The first kappa shape index (κ1) is 31.6. The standard InChI is InChI=1S/C50H34N4/c1-50(2)42-23-13-10-21-38(42)40-30-48-41(29-43(40)50)39-22-12-15-25-47(39)54(48)36-27-34(37-20-11-14-24-44(37)51-3)26-35(28-36)49-52-45(32-16-6-4-7-17-32)31-46(53-49)33-18-8-5-9-19-33/h4-31H,1-2H3. The summed E-state index contributed by atoms with van der Waals surface area (Å²) in [6.07, 6.45) is 0. The van der Waals surface area contributed by atoms with Gasteiger partial charge in [-0.25, -0.2) is 14.8 Å². The minimum absolute atomic E-state index is 0.114. The Kier molecular flexibility index (Phi) is 7.18. The molecule has 1 aliphatic rings. The van der Waals surface area contributed by atoms with E-state index in [1.165, 1.54) is 33.0 Å². The van der Waals surface area contributed by atoms with Gasteiger partial charge in [-0.1, -0.05) is 141 Å². The summed E-state index contributed by atoms with van der Waals surface area (Å²) in [4.78, 5) is 14.4. The number of hydrogen-bond acceptors (Lipinski definition) is 2. The van der Waals surface area contributed by atoms with Crippen LogP contribution in [-0.4, -0.2) is 14.5 Å². The maximum atomic E-state index is 8.06. The summed E-state index contributed by atoms with van der Waals surface area (Å²) in [5.74, 6) is 0.621. The molecule has 4 heteroatoms. The minimum atomic E-state index is -0.114. The van der Waals surface area contributed by atoms with Crippen molar-refractivity contribution in [3.63, 3.8) is 0 Å². The largest absolute Gasteiger partial charge is 0.309 e. The molecule has 254 valence electrons. The first-order valence-electron chi connectivity index (χ1n) is 18.3. The SMILES string of the molecule is [C-]#[N+]c1ccccc1-c1cc(-c2nc(-c3ccccc3)cc(-c3ccccc3)n2)cc(-n2c3ccccc3c3cc4c(cc32)-c2ccccc2C4(C)C)c1. The Hall–Kier alpha value is -7.09. The lowest BCUT2D eigenvalue weighted by atomic mass is 9.82. The second kappa shape index (κ2) is 12.3. The van der Waals surface area contributed by atoms with Crippen LogP contribution < -0.4 is 0 Å². The zero-order valence-corrected chi connectivity index (χ0v) is 30.0. The summed E-state index contributed by atoms with van der Waals surface area (Å²) in [5.41, 5.74) is 15.4. The molecular formula is C50H34N4. The van der Waals surface area contributed by atoms with Crippen molar-refractivity contribution in [2.75, 3.05) is 0 Å². The zero-order valence-electron chi connectivity index (χ0n) is 30.0. The highest BCUT2D eigenvalue weighted by molar-refractivity contribution is 6.11. The van der Waals surface area contributed by atoms with E-state index in [0.717, 1.165) is 55.9 Å². The summed E-state index contributed by atoms with van der Waals surface area (Å²) in [5, 5.41) is 2.41. The van der Waals surface area contributed by atoms with Gasteiger partial charge in [-0.2, -0.15) is 0 Å². The van der Waals surface area contributed by atoms with Crippen molar-refractivity contribution in [1.29, 1.82) is 0 Å². The smallest absolute Gasteiger partial charge is 0.194 e. The number of para-hydroxylation sites is 2. The lowest BCUT2D eigenvalue weighted by Gasteiger charge is -2.21. The fourth-order valence-corrected chi connectivity index (χ4v) is 8.37. The summed E-state index contributed by atoms with van der Waals surface area (Å²) >= 11 is 0. The molecule has 0 atom stereocenters. The predicted octanol–water partition coefficient (Wildman–Crippen LogP) is 13.1. The van der Waals surface area contributed by atoms with E-state index in [2.05, 4.69) is 132 Å². The van der Waals surface area contributed by atoms with Crippen molar-refractivity contribution in [1.82, 2.24) is 14.5 Å². The molecule has 0 spiro atoms. The van der Waals surface area contributed by atoms with E-state index in [0.29, 0.717) is 11.5 Å². The van der Waals surface area contributed by atoms with Crippen LogP contribution in [0.3, 0.4) is 0 Å². The maximum Gasteiger partial charge on any atom is 0.194 e. The fraction of sp³-hybridized carbons (Fsp3) is 0.0600. The Balaban J connectivity index is 1.28. The Bertz CT molecular complexity index is 2910. The molecule has 7 aromatic carbocycles. The van der Waals surface area contributed by atoms with Gasteiger partial charge < -0.3 is 4.57 Å². The maximum absolute atomic E-state index is 8.06. The van der Waals surface area contributed by atoms with Crippen LogP contribution in [-0.2, 0) is 5.41 Å². The van der Waals surface area contributed by atoms with E-state index in [1.54, 1.807) is 0 Å². The number of nitrogens with zero attached hydrogens (tertiary/aromatic N) is 4. The van der Waals surface area contributed by atoms with Crippen LogP contribution in [0.1, 0.15) is 25.0 Å². The van der Waals surface area contributed by atoms with Gasteiger partial charge in [-0.15, -0.1) is 0 Å². The van der Waals surface area contributed by atoms with E-state index in [4.69, 9.17) is 16.5 Å². The molecule has 0 bridgehead atoms. The molecule has 0 fully saturated rings. The molecule has 0 saturated carbocycles. The van der Waals surface area contributed by atoms with Crippen molar-refractivity contribution < 1.29 is 0 Å². The molecule has 54 heavy (non-hydrogen) atoms. The van der Waals surface area contributed by atoms with Crippen molar-refractivity contribution in [2.24, 2.45) is 0 Å². The summed E-state index contributed by atoms with van der Waals surface area (Å²) in [6.45, 7) is 12.7. The van der Waals surface area contributed by atoms with E-state index in [9.17, 15) is 0 Å². The molecule has 1 aliphatic carbocycles. The lowest BCUT2D eigenvalue weighted by molar-refractivity contribution is 0.661. The Morgan fingerprint density at radius 3 is 1.81 bits per heavy atom. The van der Waals surface area contributed by atoms with Gasteiger partial charge >= 0.3 is 0 Å². The molecule has 0 aliphatic heterocycles. The van der Waals surface area contributed by atoms with Crippen LogP contribution in [0.2, 0.25) is 0 Å². The van der Waals surface area contributed by atoms with Gasteiger partial charge in [-0.05, 0) is 75.8 Å². The predicted molar refractivity (Wildman–Crippen MR) is 222 cm³/mol. The number of aromatic nitrogens is 3. The molecule has 2 heterocycles. The van der Waals surface area contributed by atoms with E-state index in [-0.39, 0.29) is 5.41 Å². The molecule has 0 amide bonds. The summed E-state index contributed by atoms with van der Waals surface area (Å²) in [6, 6.07) is 59.3. The second-order valence-electron chi connectivity index (χ2n) is 14.5. The van der Waals surface area contributed by atoms with Gasteiger partial charge in [0.15, 0.2) is 11.5 Å². The first-order valence-corrected chi connectivity index (χ1v) is 18.3. The van der Waals surface area contributed by atoms with Gasteiger partial charge in [0.25, 0.3) is 0 Å². The van der Waals surface area contributed by atoms with E-state index >= 15 is 0 Å². The molecule has 4 nitrogen and oxygen atoms in total. The Morgan fingerprint density at radius 2 is 1.09 bits per heavy atom. The molecule has 10 rings (SSSR count). The highest BCUT2D eigenvalue weighted by Gasteiger charge is 2.36. The number of fused-ring (bicyclic) bond motifs is 6. The van der Waals surface area contributed by atoms with Crippen LogP contribution in [0, 0.1) is 6.57 Å². The van der Waals surface area contributed by atoms with Crippen LogP contribution in [0.4, 0.5) is 5.69 Å². The number of rotatable bonds is 5. The summed E-state index contributed by atoms with van der Waals surface area (Å²) < 4.78 is 2.38. The second-order valence-corrected chi connectivity index (χ2v) is 14.5. The summed E-state index contributed by atoms with van der Waals surface area (Å²) in [7, 11) is 0. The van der Waals surface area contributed by atoms with Gasteiger partial charge in [0.2, 0.25) is 0 Å². The molecular weight excluding hydrogens is 657 g/mol. The third kappa shape index (κ3) is 4.98. The van der Waals surface area contributed by atoms with Gasteiger partial charge in [0.1, 0.15) is 0 Å². The van der Waals surface area contributed by atoms with Crippen molar-refractivity contribution in [3.05, 3.63) is 192 Å². The van der Waals surface area contributed by atoms with E-state index < -0.39 is 0 Å². The highest BCUT2D eigenvalue weighted by atomic mass is 15.0. The fourth-order valence-electron chi connectivity index (χ4n) is 8.37. The van der Waals surface area contributed by atoms with Gasteiger partial charge in [0, 0.05) is 38.6 Å². The Morgan fingerprint density at radius 1 is 0.481 bits per heavy atom. The Labute approximate surface area is 314 Å². The van der Waals surface area contributed by atoms with Crippen molar-refractivity contribution in [3.8, 4) is 61.8 Å². The van der Waals surface area contributed by atoms with Crippen molar-refractivity contribution >= 4 is 27.5 Å². The average Bonchev–Trinajstić information content (AvgIpc) is 3.68. The van der Waals surface area contributed by atoms with Crippen LogP contribution in [0.25, 0.3) is 88.5 Å². The first-order chi connectivity index (χ1) is 26.5. The molecule has 0 unspecified atom stereocenters. The van der Waals surface area contributed by atoms with Gasteiger partial charge in [0.05, 0.1) is 29.0 Å². The van der Waals surface area contributed by atoms with Crippen LogP contribution >= 0.6 is 0 Å². The number of hydrogen-bond donors (Lipinski definition) is 0. The lowest BCUT2D eigenvalue weighted by Crippen LogP contribution is -2.14. The molecule has 0 saturated heterocycles. The quantitative estimate of drug-likeness (QED) is 0.169. The molecule has 9 aromatic rings. The average molecular weight is 691 g/mol. The minimum Gasteiger partial charge on any atom is -0.309 e. The molecule has 0 N–H and O–H groups in total. The third-order valence-corrected chi connectivity index (χ3v) is 11.0. The normalized spacial score (nSPS) is 12.8. The van der Waals surface area contributed by atoms with Crippen LogP contribution in [0.5, 0.6) is 0 Å². The van der Waals surface area contributed by atoms with Gasteiger partial charge in [-0.3, -0.25) is 0 Å². The van der Waals surface area contributed by atoms with Crippen LogP contribution in [0.15, 0.2) is 170 Å². The topological polar surface area (TPSA) is 35.1 Å².